The zero-order valence-electron chi connectivity index (χ0n) is 8.93. The summed E-state index contributed by atoms with van der Waals surface area (Å²) in [6, 6.07) is 8.37. The van der Waals surface area contributed by atoms with Crippen molar-refractivity contribution in [2.24, 2.45) is 0 Å². The number of fused-ring (bicyclic) bond motifs is 1. The van der Waals surface area contributed by atoms with E-state index in [0.29, 0.717) is 27.0 Å². The zero-order chi connectivity index (χ0) is 12.7. The number of aromatic nitrogens is 2. The standard InChI is InChI=1S/C12H6Cl2N2O2/c13-7-1-3-9(4-2-7)16-11-10(18-12(16)17)5-8(14)6-15-11/h1-6H. The number of halogens is 2. The Morgan fingerprint density at radius 1 is 1.11 bits per heavy atom. The average Bonchev–Trinajstić information content (AvgIpc) is 2.65. The number of hydrogen-bond donors (Lipinski definition) is 0. The van der Waals surface area contributed by atoms with Crippen LogP contribution in [0.5, 0.6) is 0 Å². The van der Waals surface area contributed by atoms with Crippen LogP contribution in [0.3, 0.4) is 0 Å². The van der Waals surface area contributed by atoms with Gasteiger partial charge in [-0.15, -0.1) is 0 Å². The molecule has 90 valence electrons. The molecule has 2 heterocycles. The number of pyridine rings is 1. The predicted octanol–water partition coefficient (Wildman–Crippen LogP) is 3.29. The molecule has 0 unspecified atom stereocenters. The van der Waals surface area contributed by atoms with Crippen LogP contribution >= 0.6 is 23.2 Å². The Morgan fingerprint density at radius 3 is 2.56 bits per heavy atom. The number of rotatable bonds is 1. The molecule has 0 radical (unpaired) electrons. The van der Waals surface area contributed by atoms with E-state index in [0.717, 1.165) is 0 Å². The predicted molar refractivity (Wildman–Crippen MR) is 69.6 cm³/mol. The lowest BCUT2D eigenvalue weighted by Gasteiger charge is -2.00. The average molecular weight is 281 g/mol. The fraction of sp³-hybridized carbons (Fsp3) is 0. The molecule has 6 heteroatoms. The quantitative estimate of drug-likeness (QED) is 0.687. The third kappa shape index (κ3) is 1.79. The molecule has 0 spiro atoms. The Bertz CT molecular complexity index is 775. The minimum absolute atomic E-state index is 0.349. The molecule has 18 heavy (non-hydrogen) atoms. The van der Waals surface area contributed by atoms with E-state index in [-0.39, 0.29) is 0 Å². The molecule has 0 aliphatic heterocycles. The summed E-state index contributed by atoms with van der Waals surface area (Å²) in [4.78, 5) is 15.9. The van der Waals surface area contributed by atoms with Gasteiger partial charge in [-0.25, -0.2) is 14.3 Å². The Hall–Kier alpha value is -1.78. The number of benzene rings is 1. The van der Waals surface area contributed by atoms with Crippen LogP contribution in [-0.2, 0) is 0 Å². The largest absolute Gasteiger partial charge is 0.425 e. The van der Waals surface area contributed by atoms with Gasteiger partial charge in [-0.1, -0.05) is 23.2 Å². The van der Waals surface area contributed by atoms with E-state index in [4.69, 9.17) is 27.6 Å². The summed E-state index contributed by atoms with van der Waals surface area (Å²) in [5.41, 5.74) is 1.41. The molecule has 0 aliphatic carbocycles. The summed E-state index contributed by atoms with van der Waals surface area (Å²) in [5.74, 6) is -0.512. The van der Waals surface area contributed by atoms with Crippen molar-refractivity contribution in [3.05, 3.63) is 57.1 Å². The van der Waals surface area contributed by atoms with E-state index in [2.05, 4.69) is 4.98 Å². The van der Waals surface area contributed by atoms with Crippen molar-refractivity contribution >= 4 is 34.4 Å². The van der Waals surface area contributed by atoms with E-state index in [1.165, 1.54) is 10.8 Å². The van der Waals surface area contributed by atoms with Crippen LogP contribution in [0.4, 0.5) is 0 Å². The van der Waals surface area contributed by atoms with Gasteiger partial charge in [-0.05, 0) is 24.3 Å². The molecule has 1 aromatic carbocycles. The van der Waals surface area contributed by atoms with E-state index in [9.17, 15) is 4.79 Å². The van der Waals surface area contributed by atoms with Gasteiger partial charge in [0.05, 0.1) is 10.7 Å². The normalized spacial score (nSPS) is 11.0. The van der Waals surface area contributed by atoms with Crippen LogP contribution in [0, 0.1) is 0 Å². The number of hydrogen-bond acceptors (Lipinski definition) is 3. The Labute approximate surface area is 111 Å². The summed E-state index contributed by atoms with van der Waals surface area (Å²) in [7, 11) is 0. The first-order valence-corrected chi connectivity index (χ1v) is 5.84. The molecular weight excluding hydrogens is 275 g/mol. The molecule has 0 amide bonds. The third-order valence-corrected chi connectivity index (χ3v) is 2.93. The highest BCUT2D eigenvalue weighted by atomic mass is 35.5. The monoisotopic (exact) mass is 280 g/mol. The molecule has 0 atom stereocenters. The Balaban J connectivity index is 2.32. The van der Waals surface area contributed by atoms with Crippen LogP contribution in [0.25, 0.3) is 16.9 Å². The van der Waals surface area contributed by atoms with Crippen molar-refractivity contribution in [1.29, 1.82) is 0 Å². The van der Waals surface area contributed by atoms with Gasteiger partial charge in [0, 0.05) is 17.3 Å². The topological polar surface area (TPSA) is 48.0 Å². The van der Waals surface area contributed by atoms with Crippen molar-refractivity contribution in [2.45, 2.75) is 0 Å². The Kier molecular flexibility index (Phi) is 2.61. The molecular formula is C12H6Cl2N2O2. The van der Waals surface area contributed by atoms with Crippen LogP contribution in [0.2, 0.25) is 10.0 Å². The van der Waals surface area contributed by atoms with Crippen molar-refractivity contribution < 1.29 is 4.42 Å². The molecule has 0 aliphatic rings. The lowest BCUT2D eigenvalue weighted by molar-refractivity contribution is 0.540. The first-order chi connectivity index (χ1) is 8.65. The van der Waals surface area contributed by atoms with Gasteiger partial charge in [-0.3, -0.25) is 0 Å². The molecule has 0 fully saturated rings. The lowest BCUT2D eigenvalue weighted by atomic mass is 10.3. The third-order valence-electron chi connectivity index (χ3n) is 2.48. The fourth-order valence-corrected chi connectivity index (χ4v) is 1.97. The second-order valence-corrected chi connectivity index (χ2v) is 4.53. The van der Waals surface area contributed by atoms with Gasteiger partial charge in [0.1, 0.15) is 0 Å². The smallest absolute Gasteiger partial charge is 0.406 e. The molecule has 4 nitrogen and oxygen atoms in total. The van der Waals surface area contributed by atoms with Gasteiger partial charge >= 0.3 is 5.76 Å². The summed E-state index contributed by atoms with van der Waals surface area (Å²) in [6.45, 7) is 0. The number of oxazole rings is 1. The lowest BCUT2D eigenvalue weighted by Crippen LogP contribution is -2.11. The summed E-state index contributed by atoms with van der Waals surface area (Å²) in [5, 5.41) is 1.01. The maximum Gasteiger partial charge on any atom is 0.425 e. The fourth-order valence-electron chi connectivity index (χ4n) is 1.70. The van der Waals surface area contributed by atoms with Crippen molar-refractivity contribution in [3.63, 3.8) is 0 Å². The van der Waals surface area contributed by atoms with Gasteiger partial charge in [-0.2, -0.15) is 0 Å². The van der Waals surface area contributed by atoms with Crippen molar-refractivity contribution in [1.82, 2.24) is 9.55 Å². The first kappa shape index (κ1) is 11.3. The molecule has 2 aromatic heterocycles. The summed E-state index contributed by atoms with van der Waals surface area (Å²) in [6.07, 6.45) is 1.46. The molecule has 0 saturated carbocycles. The number of nitrogens with zero attached hydrogens (tertiary/aromatic N) is 2. The molecule has 0 bridgehead atoms. The zero-order valence-corrected chi connectivity index (χ0v) is 10.4. The highest BCUT2D eigenvalue weighted by Crippen LogP contribution is 2.19. The van der Waals surface area contributed by atoms with Crippen LogP contribution in [-0.4, -0.2) is 9.55 Å². The van der Waals surface area contributed by atoms with Crippen LogP contribution in [0.1, 0.15) is 0 Å². The second-order valence-electron chi connectivity index (χ2n) is 3.66. The van der Waals surface area contributed by atoms with Gasteiger partial charge < -0.3 is 4.42 Å². The van der Waals surface area contributed by atoms with E-state index >= 15 is 0 Å². The minimum Gasteiger partial charge on any atom is -0.406 e. The van der Waals surface area contributed by atoms with Crippen molar-refractivity contribution in [2.75, 3.05) is 0 Å². The first-order valence-electron chi connectivity index (χ1n) is 5.08. The highest BCUT2D eigenvalue weighted by Gasteiger charge is 2.12. The molecule has 0 saturated heterocycles. The molecule has 0 N–H and O–H groups in total. The van der Waals surface area contributed by atoms with Crippen LogP contribution in [0.15, 0.2) is 45.7 Å². The minimum atomic E-state index is -0.512. The van der Waals surface area contributed by atoms with E-state index in [1.54, 1.807) is 30.3 Å². The maximum absolute atomic E-state index is 11.8. The summed E-state index contributed by atoms with van der Waals surface area (Å²) < 4.78 is 6.46. The SMILES string of the molecule is O=c1oc2cc(Cl)cnc2n1-c1ccc(Cl)cc1. The second kappa shape index (κ2) is 4.15. The van der Waals surface area contributed by atoms with Gasteiger partial charge in [0.2, 0.25) is 0 Å². The van der Waals surface area contributed by atoms with Crippen molar-refractivity contribution in [3.8, 4) is 5.69 Å². The van der Waals surface area contributed by atoms with Gasteiger partial charge in [0.25, 0.3) is 0 Å². The summed E-state index contributed by atoms with van der Waals surface area (Å²) >= 11 is 11.6. The molecule has 3 rings (SSSR count). The van der Waals surface area contributed by atoms with Crippen LogP contribution < -0.4 is 5.76 Å². The van der Waals surface area contributed by atoms with E-state index < -0.39 is 5.76 Å². The molecule has 3 aromatic rings. The maximum atomic E-state index is 11.8. The Morgan fingerprint density at radius 2 is 1.83 bits per heavy atom. The van der Waals surface area contributed by atoms with Gasteiger partial charge in [0.15, 0.2) is 11.2 Å². The highest BCUT2D eigenvalue weighted by molar-refractivity contribution is 6.31. The van der Waals surface area contributed by atoms with E-state index in [1.807, 2.05) is 0 Å².